The summed E-state index contributed by atoms with van der Waals surface area (Å²) in [6.45, 7) is 0. The highest BCUT2D eigenvalue weighted by molar-refractivity contribution is 6.30. The molecule has 1 aliphatic rings. The van der Waals surface area contributed by atoms with Gasteiger partial charge in [0.2, 0.25) is 0 Å². The molecule has 1 unspecified atom stereocenters. The number of halogens is 1. The summed E-state index contributed by atoms with van der Waals surface area (Å²) in [4.78, 5) is 10.7. The fraction of sp³-hybridized carbons (Fsp3) is 0.0833. The van der Waals surface area contributed by atoms with Crippen LogP contribution in [-0.4, -0.2) is 6.29 Å². The molecule has 0 bridgehead atoms. The molecule has 0 radical (unpaired) electrons. The summed E-state index contributed by atoms with van der Waals surface area (Å²) < 4.78 is 0. The van der Waals surface area contributed by atoms with Crippen molar-refractivity contribution in [2.75, 3.05) is 0 Å². The fourth-order valence-electron chi connectivity index (χ4n) is 1.54. The highest BCUT2D eigenvalue weighted by Gasteiger charge is 2.14. The largest absolute Gasteiger partial charge is 0.302 e. The van der Waals surface area contributed by atoms with Crippen LogP contribution in [0.5, 0.6) is 0 Å². The van der Waals surface area contributed by atoms with Crippen molar-refractivity contribution in [1.82, 2.24) is 0 Å². The Morgan fingerprint density at radius 3 is 2.57 bits per heavy atom. The van der Waals surface area contributed by atoms with Gasteiger partial charge in [0.25, 0.3) is 0 Å². The molecule has 0 aliphatic heterocycles. The molecule has 0 saturated carbocycles. The normalized spacial score (nSPS) is 19.5. The topological polar surface area (TPSA) is 17.1 Å². The number of allylic oxidation sites excluding steroid dienone is 4. The average Bonchev–Trinajstić information content (AvgIpc) is 2.67. The molecular formula is C12H9ClO. The lowest BCUT2D eigenvalue weighted by Gasteiger charge is -2.07. The SMILES string of the molecule is O=CC1C=CC=C1c1ccc(Cl)cc1. The van der Waals surface area contributed by atoms with Crippen molar-refractivity contribution in [2.45, 2.75) is 0 Å². The summed E-state index contributed by atoms with van der Waals surface area (Å²) in [6.07, 6.45) is 6.70. The van der Waals surface area contributed by atoms with Crippen LogP contribution >= 0.6 is 11.6 Å². The van der Waals surface area contributed by atoms with E-state index in [1.54, 1.807) is 0 Å². The fourth-order valence-corrected chi connectivity index (χ4v) is 1.67. The van der Waals surface area contributed by atoms with Crippen molar-refractivity contribution in [1.29, 1.82) is 0 Å². The Kier molecular flexibility index (Phi) is 2.51. The van der Waals surface area contributed by atoms with Crippen LogP contribution in [0.4, 0.5) is 0 Å². The van der Waals surface area contributed by atoms with Crippen molar-refractivity contribution in [3.05, 3.63) is 53.1 Å². The van der Waals surface area contributed by atoms with Gasteiger partial charge in [-0.25, -0.2) is 0 Å². The Bertz CT molecular complexity index is 401. The van der Waals surface area contributed by atoms with Gasteiger partial charge in [0.1, 0.15) is 6.29 Å². The molecule has 0 amide bonds. The molecule has 0 fully saturated rings. The predicted molar refractivity (Wildman–Crippen MR) is 58.1 cm³/mol. The Morgan fingerprint density at radius 1 is 1.21 bits per heavy atom. The van der Waals surface area contributed by atoms with Crippen molar-refractivity contribution in [3.8, 4) is 0 Å². The molecule has 1 aromatic rings. The van der Waals surface area contributed by atoms with E-state index in [2.05, 4.69) is 0 Å². The van der Waals surface area contributed by atoms with Crippen LogP contribution in [0.25, 0.3) is 5.57 Å². The smallest absolute Gasteiger partial charge is 0.131 e. The molecule has 70 valence electrons. The minimum atomic E-state index is -0.101. The molecule has 0 N–H and O–H groups in total. The van der Waals surface area contributed by atoms with Crippen LogP contribution in [0.15, 0.2) is 42.5 Å². The maximum absolute atomic E-state index is 10.7. The summed E-state index contributed by atoms with van der Waals surface area (Å²) in [7, 11) is 0. The molecule has 0 aromatic heterocycles. The molecule has 1 nitrogen and oxygen atoms in total. The molecule has 0 saturated heterocycles. The first-order valence-electron chi connectivity index (χ1n) is 4.41. The highest BCUT2D eigenvalue weighted by Crippen LogP contribution is 2.28. The highest BCUT2D eigenvalue weighted by atomic mass is 35.5. The molecule has 1 atom stereocenters. The number of aldehydes is 1. The van der Waals surface area contributed by atoms with Crippen molar-refractivity contribution in [3.63, 3.8) is 0 Å². The third-order valence-corrected chi connectivity index (χ3v) is 2.53. The van der Waals surface area contributed by atoms with E-state index in [9.17, 15) is 4.79 Å². The summed E-state index contributed by atoms with van der Waals surface area (Å²) in [5, 5.41) is 0.711. The zero-order valence-electron chi connectivity index (χ0n) is 7.48. The van der Waals surface area contributed by atoms with E-state index in [0.717, 1.165) is 17.4 Å². The van der Waals surface area contributed by atoms with Crippen LogP contribution in [0.1, 0.15) is 5.56 Å². The Hall–Kier alpha value is -1.34. The monoisotopic (exact) mass is 204 g/mol. The van der Waals surface area contributed by atoms with Gasteiger partial charge in [0, 0.05) is 5.02 Å². The van der Waals surface area contributed by atoms with E-state index in [1.165, 1.54) is 0 Å². The first-order chi connectivity index (χ1) is 6.81. The Balaban J connectivity index is 2.32. The van der Waals surface area contributed by atoms with Gasteiger partial charge in [-0.1, -0.05) is 42.0 Å². The third-order valence-electron chi connectivity index (χ3n) is 2.28. The first-order valence-corrected chi connectivity index (χ1v) is 4.78. The molecule has 1 aliphatic carbocycles. The van der Waals surface area contributed by atoms with Gasteiger partial charge in [-0.3, -0.25) is 0 Å². The van der Waals surface area contributed by atoms with E-state index in [-0.39, 0.29) is 5.92 Å². The van der Waals surface area contributed by atoms with E-state index in [0.29, 0.717) is 5.02 Å². The number of benzene rings is 1. The second-order valence-corrected chi connectivity index (χ2v) is 3.61. The van der Waals surface area contributed by atoms with Crippen molar-refractivity contribution in [2.24, 2.45) is 5.92 Å². The maximum Gasteiger partial charge on any atom is 0.131 e. The zero-order valence-corrected chi connectivity index (χ0v) is 8.24. The number of hydrogen-bond acceptors (Lipinski definition) is 1. The summed E-state index contributed by atoms with van der Waals surface area (Å²) in [6, 6.07) is 7.52. The lowest BCUT2D eigenvalue weighted by molar-refractivity contribution is -0.108. The number of rotatable bonds is 2. The van der Waals surface area contributed by atoms with Gasteiger partial charge in [0.05, 0.1) is 5.92 Å². The van der Waals surface area contributed by atoms with Crippen LogP contribution < -0.4 is 0 Å². The van der Waals surface area contributed by atoms with E-state index >= 15 is 0 Å². The predicted octanol–water partition coefficient (Wildman–Crippen LogP) is 3.11. The molecule has 2 heteroatoms. The molecule has 14 heavy (non-hydrogen) atoms. The summed E-state index contributed by atoms with van der Waals surface area (Å²) in [5.41, 5.74) is 2.09. The number of carbonyl (C=O) groups excluding carboxylic acids is 1. The van der Waals surface area contributed by atoms with Gasteiger partial charge in [0.15, 0.2) is 0 Å². The number of carbonyl (C=O) groups is 1. The summed E-state index contributed by atoms with van der Waals surface area (Å²) >= 11 is 5.78. The first kappa shape index (κ1) is 9.22. The third kappa shape index (κ3) is 1.64. The molecule has 0 heterocycles. The minimum Gasteiger partial charge on any atom is -0.302 e. The molecule has 2 rings (SSSR count). The average molecular weight is 205 g/mol. The van der Waals surface area contributed by atoms with Crippen LogP contribution in [-0.2, 0) is 4.79 Å². The summed E-state index contributed by atoms with van der Waals surface area (Å²) in [5.74, 6) is -0.101. The van der Waals surface area contributed by atoms with Crippen LogP contribution in [0, 0.1) is 5.92 Å². The van der Waals surface area contributed by atoms with E-state index in [1.807, 2.05) is 42.5 Å². The van der Waals surface area contributed by atoms with Crippen LogP contribution in [0.2, 0.25) is 5.02 Å². The van der Waals surface area contributed by atoms with E-state index < -0.39 is 0 Å². The molecular weight excluding hydrogens is 196 g/mol. The second kappa shape index (κ2) is 3.81. The van der Waals surface area contributed by atoms with Gasteiger partial charge in [-0.15, -0.1) is 0 Å². The maximum atomic E-state index is 10.7. The lowest BCUT2D eigenvalue weighted by atomic mass is 9.97. The molecule has 0 spiro atoms. The molecule has 1 aromatic carbocycles. The minimum absolute atomic E-state index is 0.101. The zero-order chi connectivity index (χ0) is 9.97. The van der Waals surface area contributed by atoms with Crippen molar-refractivity contribution < 1.29 is 4.79 Å². The Morgan fingerprint density at radius 2 is 1.93 bits per heavy atom. The number of hydrogen-bond donors (Lipinski definition) is 0. The quantitative estimate of drug-likeness (QED) is 0.677. The van der Waals surface area contributed by atoms with Gasteiger partial charge in [-0.2, -0.15) is 0 Å². The standard InChI is InChI=1S/C12H9ClO/c13-11-6-4-9(5-7-11)12-3-1-2-10(12)8-14/h1-8,10H. The van der Waals surface area contributed by atoms with Crippen molar-refractivity contribution >= 4 is 23.5 Å². The van der Waals surface area contributed by atoms with Gasteiger partial charge in [-0.05, 0) is 23.3 Å². The van der Waals surface area contributed by atoms with E-state index in [4.69, 9.17) is 11.6 Å². The van der Waals surface area contributed by atoms with Gasteiger partial charge < -0.3 is 4.79 Å². The lowest BCUT2D eigenvalue weighted by Crippen LogP contribution is -1.98. The van der Waals surface area contributed by atoms with Crippen LogP contribution in [0.3, 0.4) is 0 Å². The Labute approximate surface area is 87.7 Å². The second-order valence-electron chi connectivity index (χ2n) is 3.18. The van der Waals surface area contributed by atoms with Gasteiger partial charge >= 0.3 is 0 Å².